The van der Waals surface area contributed by atoms with Crippen molar-refractivity contribution in [3.63, 3.8) is 0 Å². The van der Waals surface area contributed by atoms with Gasteiger partial charge in [-0.3, -0.25) is 5.32 Å². The van der Waals surface area contributed by atoms with Crippen molar-refractivity contribution in [3.8, 4) is 0 Å². The van der Waals surface area contributed by atoms with E-state index in [2.05, 4.69) is 5.32 Å². The molecule has 1 heterocycles. The van der Waals surface area contributed by atoms with Gasteiger partial charge in [-0.05, 0) is 19.3 Å². The Morgan fingerprint density at radius 2 is 1.62 bits per heavy atom. The van der Waals surface area contributed by atoms with Gasteiger partial charge in [0.05, 0.1) is 0 Å². The summed E-state index contributed by atoms with van der Waals surface area (Å²) in [5.74, 6) is 0. The zero-order valence-corrected chi connectivity index (χ0v) is 4.53. The lowest BCUT2D eigenvalue weighted by molar-refractivity contribution is 0.114. The van der Waals surface area contributed by atoms with E-state index in [4.69, 9.17) is 0 Å². The van der Waals surface area contributed by atoms with Crippen LogP contribution in [0.25, 0.3) is 0 Å². The van der Waals surface area contributed by atoms with E-state index in [1.54, 1.807) is 0 Å². The van der Waals surface area contributed by atoms with Gasteiger partial charge in [-0.15, -0.1) is 0 Å². The SMILES string of the molecule is FC1CCCC(F)N1. The van der Waals surface area contributed by atoms with Gasteiger partial charge in [0.2, 0.25) is 0 Å². The largest absolute Gasteiger partial charge is 0.258 e. The van der Waals surface area contributed by atoms with E-state index < -0.39 is 12.6 Å². The summed E-state index contributed by atoms with van der Waals surface area (Å²) in [7, 11) is 0. The second-order valence-electron chi connectivity index (χ2n) is 2.03. The predicted molar refractivity (Wildman–Crippen MR) is 26.8 cm³/mol. The Morgan fingerprint density at radius 1 is 1.12 bits per heavy atom. The van der Waals surface area contributed by atoms with Gasteiger partial charge in [0, 0.05) is 0 Å². The zero-order valence-electron chi connectivity index (χ0n) is 4.53. The van der Waals surface area contributed by atoms with Crippen LogP contribution in [0.3, 0.4) is 0 Å². The molecular weight excluding hydrogens is 112 g/mol. The van der Waals surface area contributed by atoms with Crippen LogP contribution < -0.4 is 5.32 Å². The van der Waals surface area contributed by atoms with Crippen LogP contribution in [-0.4, -0.2) is 12.6 Å². The maximum Gasteiger partial charge on any atom is 0.153 e. The van der Waals surface area contributed by atoms with Gasteiger partial charge >= 0.3 is 0 Å². The molecule has 1 fully saturated rings. The molecule has 0 aliphatic carbocycles. The minimum Gasteiger partial charge on any atom is -0.258 e. The molecule has 0 radical (unpaired) electrons. The topological polar surface area (TPSA) is 12.0 Å². The van der Waals surface area contributed by atoms with Gasteiger partial charge < -0.3 is 0 Å². The molecule has 8 heavy (non-hydrogen) atoms. The first-order valence-electron chi connectivity index (χ1n) is 2.83. The molecule has 0 aromatic carbocycles. The molecule has 0 amide bonds. The third-order valence-corrected chi connectivity index (χ3v) is 1.28. The number of nitrogens with one attached hydrogen (secondary N) is 1. The van der Waals surface area contributed by atoms with Crippen LogP contribution in [0.2, 0.25) is 0 Å². The average Bonchev–Trinajstić information content (AvgIpc) is 1.64. The molecule has 0 saturated carbocycles. The lowest BCUT2D eigenvalue weighted by Crippen LogP contribution is -2.36. The Morgan fingerprint density at radius 3 is 1.88 bits per heavy atom. The fourth-order valence-electron chi connectivity index (χ4n) is 0.839. The van der Waals surface area contributed by atoms with E-state index in [1.165, 1.54) is 0 Å². The molecule has 3 heteroatoms. The van der Waals surface area contributed by atoms with E-state index in [9.17, 15) is 8.78 Å². The molecule has 1 aliphatic rings. The quantitative estimate of drug-likeness (QED) is 0.477. The van der Waals surface area contributed by atoms with Crippen LogP contribution in [0.5, 0.6) is 0 Å². The average molecular weight is 121 g/mol. The van der Waals surface area contributed by atoms with E-state index >= 15 is 0 Å². The molecule has 1 saturated heterocycles. The van der Waals surface area contributed by atoms with Crippen molar-refractivity contribution in [3.05, 3.63) is 0 Å². The highest BCUT2D eigenvalue weighted by Crippen LogP contribution is 2.13. The highest BCUT2D eigenvalue weighted by Gasteiger charge is 2.18. The van der Waals surface area contributed by atoms with Gasteiger partial charge in [0.1, 0.15) is 0 Å². The molecule has 2 unspecified atom stereocenters. The van der Waals surface area contributed by atoms with Crippen molar-refractivity contribution in [2.75, 3.05) is 0 Å². The van der Waals surface area contributed by atoms with Gasteiger partial charge in [-0.2, -0.15) is 0 Å². The summed E-state index contributed by atoms with van der Waals surface area (Å²) in [6.45, 7) is 0. The van der Waals surface area contributed by atoms with Crippen LogP contribution >= 0.6 is 0 Å². The molecule has 48 valence electrons. The van der Waals surface area contributed by atoms with Gasteiger partial charge in [-0.1, -0.05) is 0 Å². The molecule has 1 N–H and O–H groups in total. The fraction of sp³-hybridized carbons (Fsp3) is 1.00. The summed E-state index contributed by atoms with van der Waals surface area (Å²) in [5, 5.41) is 2.15. The van der Waals surface area contributed by atoms with E-state index in [-0.39, 0.29) is 0 Å². The number of hydrogen-bond donors (Lipinski definition) is 1. The maximum absolute atomic E-state index is 12.1. The molecule has 1 rings (SSSR count). The minimum atomic E-state index is -1.11. The Hall–Kier alpha value is -0.180. The van der Waals surface area contributed by atoms with Crippen LogP contribution in [-0.2, 0) is 0 Å². The number of alkyl halides is 2. The Kier molecular flexibility index (Phi) is 1.78. The molecule has 2 atom stereocenters. The smallest absolute Gasteiger partial charge is 0.153 e. The minimum absolute atomic E-state index is 0.459. The highest BCUT2D eigenvalue weighted by atomic mass is 19.2. The number of hydrogen-bond acceptors (Lipinski definition) is 1. The fourth-order valence-corrected chi connectivity index (χ4v) is 0.839. The Labute approximate surface area is 47.1 Å². The van der Waals surface area contributed by atoms with Crippen molar-refractivity contribution in [1.82, 2.24) is 5.32 Å². The Bertz CT molecular complexity index is 68.8. The maximum atomic E-state index is 12.1. The van der Waals surface area contributed by atoms with Crippen molar-refractivity contribution < 1.29 is 8.78 Å². The van der Waals surface area contributed by atoms with Crippen LogP contribution in [0.1, 0.15) is 19.3 Å². The van der Waals surface area contributed by atoms with Crippen molar-refractivity contribution in [2.24, 2.45) is 0 Å². The summed E-state index contributed by atoms with van der Waals surface area (Å²) in [6, 6.07) is 0. The van der Waals surface area contributed by atoms with Crippen molar-refractivity contribution >= 4 is 0 Å². The lowest BCUT2D eigenvalue weighted by atomic mass is 10.1. The zero-order chi connectivity index (χ0) is 5.98. The number of rotatable bonds is 0. The van der Waals surface area contributed by atoms with E-state index in [0.717, 1.165) is 0 Å². The third-order valence-electron chi connectivity index (χ3n) is 1.28. The normalized spacial score (nSPS) is 39.8. The summed E-state index contributed by atoms with van der Waals surface area (Å²) in [6.07, 6.45) is -0.645. The molecular formula is C5H9F2N. The first kappa shape index (κ1) is 5.95. The third kappa shape index (κ3) is 1.40. The second kappa shape index (κ2) is 2.40. The highest BCUT2D eigenvalue weighted by molar-refractivity contribution is 4.65. The van der Waals surface area contributed by atoms with E-state index in [0.29, 0.717) is 19.3 Å². The van der Waals surface area contributed by atoms with Crippen molar-refractivity contribution in [1.29, 1.82) is 0 Å². The Balaban J connectivity index is 2.23. The number of halogens is 2. The molecule has 0 bridgehead atoms. The molecule has 0 aromatic rings. The molecule has 0 spiro atoms. The van der Waals surface area contributed by atoms with Crippen molar-refractivity contribution in [2.45, 2.75) is 31.9 Å². The second-order valence-corrected chi connectivity index (χ2v) is 2.03. The lowest BCUT2D eigenvalue weighted by Gasteiger charge is -2.19. The van der Waals surface area contributed by atoms with Crippen LogP contribution in [0.4, 0.5) is 8.78 Å². The first-order valence-corrected chi connectivity index (χ1v) is 2.83. The predicted octanol–water partition coefficient (Wildman–Crippen LogP) is 1.35. The summed E-state index contributed by atoms with van der Waals surface area (Å²) in [5.41, 5.74) is 0. The summed E-state index contributed by atoms with van der Waals surface area (Å²) < 4.78 is 24.2. The van der Waals surface area contributed by atoms with Crippen LogP contribution in [0, 0.1) is 0 Å². The van der Waals surface area contributed by atoms with Gasteiger partial charge in [-0.25, -0.2) is 8.78 Å². The molecule has 0 aromatic heterocycles. The summed E-state index contributed by atoms with van der Waals surface area (Å²) in [4.78, 5) is 0. The van der Waals surface area contributed by atoms with Gasteiger partial charge in [0.25, 0.3) is 0 Å². The van der Waals surface area contributed by atoms with Crippen LogP contribution in [0.15, 0.2) is 0 Å². The molecule has 1 nitrogen and oxygen atoms in total. The van der Waals surface area contributed by atoms with Gasteiger partial charge in [0.15, 0.2) is 12.6 Å². The molecule has 1 aliphatic heterocycles. The number of piperidine rings is 1. The standard InChI is InChI=1S/C5H9F2N/c6-4-2-1-3-5(7)8-4/h4-5,8H,1-3H2. The monoisotopic (exact) mass is 121 g/mol. The first-order chi connectivity index (χ1) is 3.79. The summed E-state index contributed by atoms with van der Waals surface area (Å²) >= 11 is 0. The van der Waals surface area contributed by atoms with E-state index in [1.807, 2.05) is 0 Å².